The van der Waals surface area contributed by atoms with E-state index in [0.29, 0.717) is 28.5 Å². The summed E-state index contributed by atoms with van der Waals surface area (Å²) in [4.78, 5) is 34.9. The van der Waals surface area contributed by atoms with E-state index in [1.807, 2.05) is 97.1 Å². The van der Waals surface area contributed by atoms with Gasteiger partial charge in [0.15, 0.2) is 11.2 Å². The molecule has 2 aliphatic rings. The van der Waals surface area contributed by atoms with Crippen molar-refractivity contribution < 1.29 is 4.79 Å². The van der Waals surface area contributed by atoms with Crippen LogP contribution in [0.2, 0.25) is 0 Å². The van der Waals surface area contributed by atoms with Gasteiger partial charge in [-0.3, -0.25) is 14.6 Å². The van der Waals surface area contributed by atoms with Crippen LogP contribution in [0.4, 0.5) is 11.4 Å². The molecule has 0 fully saturated rings. The van der Waals surface area contributed by atoms with Gasteiger partial charge in [-0.15, -0.1) is 0 Å². The minimum absolute atomic E-state index is 0.00590. The van der Waals surface area contributed by atoms with Gasteiger partial charge in [0.05, 0.1) is 22.4 Å². The van der Waals surface area contributed by atoms with E-state index in [1.54, 1.807) is 12.4 Å². The Labute approximate surface area is 249 Å². The molecule has 0 amide bonds. The number of carbonyl (C=O) groups is 1. The lowest BCUT2D eigenvalue weighted by atomic mass is 9.71. The Balaban J connectivity index is 1.38. The lowest BCUT2D eigenvalue weighted by Crippen LogP contribution is -2.54. The summed E-state index contributed by atoms with van der Waals surface area (Å²) in [6.07, 6.45) is 5.94. The highest BCUT2D eigenvalue weighted by molar-refractivity contribution is 6.19. The molecule has 1 aliphatic heterocycles. The van der Waals surface area contributed by atoms with Crippen molar-refractivity contribution in [3.8, 4) is 16.8 Å². The molecule has 8 rings (SSSR count). The van der Waals surface area contributed by atoms with Gasteiger partial charge in [-0.2, -0.15) is 0 Å². The molecule has 0 N–H and O–H groups in total. The number of para-hydroxylation sites is 3. The summed E-state index contributed by atoms with van der Waals surface area (Å²) in [7, 11) is 0. The molecule has 0 radical (unpaired) electrons. The predicted molar refractivity (Wildman–Crippen MR) is 172 cm³/mol. The third-order valence-electron chi connectivity index (χ3n) is 8.88. The number of aromatic nitrogens is 2. The molecule has 1 atom stereocenters. The second kappa shape index (κ2) is 9.50. The predicted octanol–water partition coefficient (Wildman–Crippen LogP) is 7.79. The molecule has 2 aromatic heterocycles. The summed E-state index contributed by atoms with van der Waals surface area (Å²) >= 11 is 0. The highest BCUT2D eigenvalue weighted by Gasteiger charge is 2.48. The number of anilines is 2. The number of ketones is 1. The number of pyridine rings is 2. The molecule has 6 aromatic rings. The first-order chi connectivity index (χ1) is 21.0. The van der Waals surface area contributed by atoms with E-state index in [4.69, 9.17) is 0 Å². The zero-order chi connectivity index (χ0) is 29.1. The lowest BCUT2D eigenvalue weighted by molar-refractivity contribution is 0.101. The first kappa shape index (κ1) is 25.2. The van der Waals surface area contributed by atoms with Crippen molar-refractivity contribution in [3.05, 3.63) is 160 Å². The van der Waals surface area contributed by atoms with Gasteiger partial charge in [0.2, 0.25) is 0 Å². The maximum Gasteiger partial charge on any atom is 0.193 e. The van der Waals surface area contributed by atoms with Crippen LogP contribution in [0.15, 0.2) is 138 Å². The average molecular weight is 558 g/mol. The minimum atomic E-state index is -0.785. The van der Waals surface area contributed by atoms with Gasteiger partial charge in [-0.25, -0.2) is 0 Å². The van der Waals surface area contributed by atoms with Crippen LogP contribution in [0.3, 0.4) is 0 Å². The summed E-state index contributed by atoms with van der Waals surface area (Å²) in [5.41, 5.74) is 7.77. The number of hydrogen-bond acceptors (Lipinski definition) is 4. The van der Waals surface area contributed by atoms with E-state index in [9.17, 15) is 9.59 Å². The van der Waals surface area contributed by atoms with Gasteiger partial charge in [-0.1, -0.05) is 54.6 Å². The Morgan fingerprint density at radius 3 is 2.16 bits per heavy atom. The van der Waals surface area contributed by atoms with Crippen LogP contribution in [-0.2, 0) is 6.42 Å². The van der Waals surface area contributed by atoms with E-state index in [1.165, 1.54) is 0 Å². The third-order valence-corrected chi connectivity index (χ3v) is 8.88. The van der Waals surface area contributed by atoms with Crippen molar-refractivity contribution in [2.75, 3.05) is 4.90 Å². The first-order valence-corrected chi connectivity index (χ1v) is 14.4. The fourth-order valence-electron chi connectivity index (χ4n) is 6.87. The number of fused-ring (bicyclic) bond motifs is 4. The largest absolute Gasteiger partial charge is 0.330 e. The maximum absolute atomic E-state index is 14.3. The van der Waals surface area contributed by atoms with Crippen LogP contribution in [0.1, 0.15) is 28.5 Å². The molecule has 0 saturated carbocycles. The van der Waals surface area contributed by atoms with Crippen molar-refractivity contribution in [2.45, 2.75) is 18.9 Å². The quantitative estimate of drug-likeness (QED) is 0.223. The van der Waals surface area contributed by atoms with Crippen molar-refractivity contribution in [1.82, 2.24) is 9.55 Å². The maximum atomic E-state index is 14.3. The number of benzene rings is 4. The molecule has 5 nitrogen and oxygen atoms in total. The molecule has 5 heteroatoms. The highest BCUT2D eigenvalue weighted by Crippen LogP contribution is 2.49. The van der Waals surface area contributed by atoms with Crippen LogP contribution >= 0.6 is 0 Å². The summed E-state index contributed by atoms with van der Waals surface area (Å²) in [5.74, 6) is -0.00590. The van der Waals surface area contributed by atoms with Crippen molar-refractivity contribution >= 4 is 34.1 Å². The molecule has 1 unspecified atom stereocenters. The molecule has 43 heavy (non-hydrogen) atoms. The van der Waals surface area contributed by atoms with Crippen molar-refractivity contribution in [1.29, 1.82) is 0 Å². The van der Waals surface area contributed by atoms with Gasteiger partial charge < -0.3 is 9.47 Å². The number of Topliss-reactive ketones (excluding diaryl/α,β-unsaturated/α-hetero) is 1. The number of carbonyl (C=O) groups excluding carboxylic acids is 1. The molecule has 0 spiro atoms. The Hall–Kier alpha value is -5.55. The van der Waals surface area contributed by atoms with Crippen LogP contribution in [-0.4, -0.2) is 20.9 Å². The topological polar surface area (TPSA) is 55.2 Å². The van der Waals surface area contributed by atoms with E-state index in [0.717, 1.165) is 39.4 Å². The van der Waals surface area contributed by atoms with Gasteiger partial charge >= 0.3 is 0 Å². The van der Waals surface area contributed by atoms with Crippen molar-refractivity contribution in [3.63, 3.8) is 0 Å². The smallest absolute Gasteiger partial charge is 0.193 e. The first-order valence-electron chi connectivity index (χ1n) is 14.4. The Bertz CT molecular complexity index is 2150. The van der Waals surface area contributed by atoms with Crippen LogP contribution in [0.25, 0.3) is 33.8 Å². The van der Waals surface area contributed by atoms with E-state index < -0.39 is 5.54 Å². The summed E-state index contributed by atoms with van der Waals surface area (Å²) in [5, 5.41) is 0.668. The second-order valence-corrected chi connectivity index (χ2v) is 11.4. The second-order valence-electron chi connectivity index (χ2n) is 11.4. The molecule has 1 aliphatic carbocycles. The monoisotopic (exact) mass is 557 g/mol. The van der Waals surface area contributed by atoms with Crippen LogP contribution in [0.5, 0.6) is 0 Å². The molecular formula is C38H27N3O2. The fourth-order valence-corrected chi connectivity index (χ4v) is 6.87. The molecule has 3 heterocycles. The van der Waals surface area contributed by atoms with Gasteiger partial charge in [-0.05, 0) is 84.8 Å². The van der Waals surface area contributed by atoms with Crippen LogP contribution in [0, 0.1) is 0 Å². The van der Waals surface area contributed by atoms with E-state index >= 15 is 0 Å². The molecule has 206 valence electrons. The molecule has 0 bridgehead atoms. The minimum Gasteiger partial charge on any atom is -0.330 e. The molecule has 0 saturated heterocycles. The number of hydrogen-bond donors (Lipinski definition) is 0. The highest BCUT2D eigenvalue weighted by atomic mass is 16.1. The van der Waals surface area contributed by atoms with Gasteiger partial charge in [0.25, 0.3) is 0 Å². The Morgan fingerprint density at radius 1 is 0.698 bits per heavy atom. The third kappa shape index (κ3) is 3.75. The van der Waals surface area contributed by atoms with E-state index in [-0.39, 0.29) is 11.2 Å². The molecular weight excluding hydrogens is 530 g/mol. The Morgan fingerprint density at radius 2 is 1.37 bits per heavy atom. The molecule has 4 aromatic carbocycles. The normalized spacial score (nSPS) is 17.2. The van der Waals surface area contributed by atoms with Crippen LogP contribution < -0.4 is 10.3 Å². The van der Waals surface area contributed by atoms with Crippen molar-refractivity contribution in [2.24, 2.45) is 0 Å². The Kier molecular flexibility index (Phi) is 5.56. The van der Waals surface area contributed by atoms with Gasteiger partial charge in [0, 0.05) is 52.3 Å². The standard InChI is InChI=1S/C38H27N3O2/c1-38-24-31-35(40(27-9-3-2-4-10-27)33-13-7-5-11-29(33)36(31)42)23-32(38)37(43)30-12-6-8-14-34(30)41(38)28-17-15-25(16-18-28)26-19-21-39-22-20-26/h2-23H,24H2,1H3. The van der Waals surface area contributed by atoms with E-state index in [2.05, 4.69) is 45.6 Å². The van der Waals surface area contributed by atoms with Gasteiger partial charge in [0.1, 0.15) is 0 Å². The zero-order valence-corrected chi connectivity index (χ0v) is 23.6. The summed E-state index contributed by atoms with van der Waals surface area (Å²) in [6.45, 7) is 2.09. The average Bonchev–Trinajstić information content (AvgIpc) is 3.06. The fraction of sp³-hybridized carbons (Fsp3) is 0.0789. The zero-order valence-electron chi connectivity index (χ0n) is 23.6. The summed E-state index contributed by atoms with van der Waals surface area (Å²) < 4.78 is 2.13. The number of nitrogens with zero attached hydrogens (tertiary/aromatic N) is 3. The summed E-state index contributed by atoms with van der Waals surface area (Å²) in [6, 6.07) is 38.0. The SMILES string of the molecule is CC12Cc3c(n(-c4ccccc4)c4ccccc4c3=O)C=C1C(=O)c1ccccc1N2c1ccc(-c2ccncc2)cc1. The number of rotatable bonds is 3. The lowest BCUT2D eigenvalue weighted by Gasteiger charge is -2.49.